The summed E-state index contributed by atoms with van der Waals surface area (Å²) in [6.45, 7) is 1.83. The van der Waals surface area contributed by atoms with Crippen LogP contribution in [0.15, 0.2) is 75.8 Å². The number of benzene rings is 2. The molecule has 2 heterocycles. The number of carbonyl (C=O) groups excluding carboxylic acids is 1. The predicted molar refractivity (Wildman–Crippen MR) is 118 cm³/mol. The summed E-state index contributed by atoms with van der Waals surface area (Å²) < 4.78 is 16.3. The van der Waals surface area contributed by atoms with Crippen LogP contribution in [-0.4, -0.2) is 29.8 Å². The molecule has 0 aliphatic carbocycles. The van der Waals surface area contributed by atoms with Gasteiger partial charge in [-0.2, -0.15) is 10.1 Å². The minimum Gasteiger partial charge on any atom is -0.493 e. The van der Waals surface area contributed by atoms with E-state index >= 15 is 0 Å². The van der Waals surface area contributed by atoms with Crippen LogP contribution >= 0.6 is 0 Å². The Kier molecular flexibility index (Phi) is 5.76. The lowest BCUT2D eigenvalue weighted by Gasteiger charge is -2.12. The van der Waals surface area contributed by atoms with Gasteiger partial charge >= 0.3 is 5.97 Å². The quantitative estimate of drug-likeness (QED) is 0.556. The van der Waals surface area contributed by atoms with Crippen LogP contribution in [0.5, 0.6) is 11.5 Å². The first-order valence-electron chi connectivity index (χ1n) is 9.76. The second kappa shape index (κ2) is 8.81. The molecule has 162 valence electrons. The molecular formula is C24H20N2O6. The molecule has 0 radical (unpaired) electrons. The van der Waals surface area contributed by atoms with E-state index in [1.165, 1.54) is 18.2 Å². The number of para-hydroxylation sites is 1. The number of carbonyl (C=O) groups is 2. The average Bonchev–Trinajstić information content (AvgIpc) is 3.39. The summed E-state index contributed by atoms with van der Waals surface area (Å²) in [6.07, 6.45) is 1.75. The van der Waals surface area contributed by atoms with Crippen molar-refractivity contribution in [2.24, 2.45) is 5.10 Å². The maximum atomic E-state index is 12.9. The number of carboxylic acids is 1. The molecule has 4 rings (SSSR count). The zero-order valence-corrected chi connectivity index (χ0v) is 17.4. The lowest BCUT2D eigenvalue weighted by molar-refractivity contribution is -0.114. The molecule has 1 aromatic heterocycles. The fourth-order valence-corrected chi connectivity index (χ4v) is 3.21. The van der Waals surface area contributed by atoms with Crippen molar-refractivity contribution >= 4 is 29.4 Å². The first kappa shape index (κ1) is 20.9. The van der Waals surface area contributed by atoms with Gasteiger partial charge < -0.3 is 19.0 Å². The molecule has 1 amide bonds. The van der Waals surface area contributed by atoms with Crippen LogP contribution in [0.2, 0.25) is 0 Å². The van der Waals surface area contributed by atoms with Gasteiger partial charge in [0.15, 0.2) is 11.5 Å². The van der Waals surface area contributed by atoms with Gasteiger partial charge in [0.25, 0.3) is 5.91 Å². The lowest BCUT2D eigenvalue weighted by Crippen LogP contribution is -2.21. The number of furan rings is 1. The number of aromatic carboxylic acids is 1. The molecule has 0 saturated carbocycles. The van der Waals surface area contributed by atoms with Gasteiger partial charge in [-0.3, -0.25) is 4.79 Å². The SMILES string of the molecule is COc1cc(C=C2C(=O)N(c3ccccc3)N=C2C)ccc1OCc1ccc(C(=O)O)o1. The summed E-state index contributed by atoms with van der Waals surface area (Å²) in [6, 6.07) is 17.4. The van der Waals surface area contributed by atoms with Crippen LogP contribution in [0.3, 0.4) is 0 Å². The third-order valence-corrected chi connectivity index (χ3v) is 4.80. The number of hydrogen-bond donors (Lipinski definition) is 1. The van der Waals surface area contributed by atoms with Gasteiger partial charge in [-0.25, -0.2) is 4.79 Å². The average molecular weight is 432 g/mol. The van der Waals surface area contributed by atoms with Crippen molar-refractivity contribution in [1.82, 2.24) is 0 Å². The number of ether oxygens (including phenoxy) is 2. The lowest BCUT2D eigenvalue weighted by atomic mass is 10.1. The number of anilines is 1. The number of rotatable bonds is 7. The van der Waals surface area contributed by atoms with Crippen molar-refractivity contribution in [3.05, 3.63) is 83.3 Å². The molecule has 1 aliphatic heterocycles. The molecule has 1 aliphatic rings. The normalized spacial score (nSPS) is 14.6. The van der Waals surface area contributed by atoms with E-state index in [1.807, 2.05) is 30.3 Å². The number of hydrazone groups is 1. The fraction of sp³-hybridized carbons (Fsp3) is 0.125. The summed E-state index contributed by atoms with van der Waals surface area (Å²) in [5.74, 6) is -0.209. The van der Waals surface area contributed by atoms with Crippen LogP contribution in [0.4, 0.5) is 5.69 Å². The zero-order valence-electron chi connectivity index (χ0n) is 17.4. The Hall–Kier alpha value is -4.33. The van der Waals surface area contributed by atoms with Crippen LogP contribution in [0.1, 0.15) is 28.8 Å². The summed E-state index contributed by atoms with van der Waals surface area (Å²) in [7, 11) is 1.51. The van der Waals surface area contributed by atoms with E-state index in [1.54, 1.807) is 37.3 Å². The molecule has 0 spiro atoms. The summed E-state index contributed by atoms with van der Waals surface area (Å²) >= 11 is 0. The summed E-state index contributed by atoms with van der Waals surface area (Å²) in [5, 5.41) is 14.7. The van der Waals surface area contributed by atoms with E-state index in [4.69, 9.17) is 19.0 Å². The van der Waals surface area contributed by atoms with Crippen molar-refractivity contribution in [2.45, 2.75) is 13.5 Å². The van der Waals surface area contributed by atoms with Crippen molar-refractivity contribution in [1.29, 1.82) is 0 Å². The highest BCUT2D eigenvalue weighted by Crippen LogP contribution is 2.31. The monoisotopic (exact) mass is 432 g/mol. The highest BCUT2D eigenvalue weighted by Gasteiger charge is 2.28. The Morgan fingerprint density at radius 3 is 2.59 bits per heavy atom. The van der Waals surface area contributed by atoms with Gasteiger partial charge in [0, 0.05) is 0 Å². The number of amides is 1. The van der Waals surface area contributed by atoms with Gasteiger partial charge in [-0.1, -0.05) is 24.3 Å². The second-order valence-corrected chi connectivity index (χ2v) is 6.97. The van der Waals surface area contributed by atoms with E-state index in [0.717, 1.165) is 5.56 Å². The second-order valence-electron chi connectivity index (χ2n) is 6.97. The minimum absolute atomic E-state index is 0.0420. The van der Waals surface area contributed by atoms with Gasteiger partial charge in [0.1, 0.15) is 12.4 Å². The molecule has 0 fully saturated rings. The van der Waals surface area contributed by atoms with Crippen molar-refractivity contribution in [2.75, 3.05) is 12.1 Å². The van der Waals surface area contributed by atoms with Gasteiger partial charge in [-0.05, 0) is 55.0 Å². The fourth-order valence-electron chi connectivity index (χ4n) is 3.21. The number of carboxylic acid groups (broad SMARTS) is 1. The van der Waals surface area contributed by atoms with Crippen molar-refractivity contribution < 1.29 is 28.6 Å². The molecule has 2 aromatic carbocycles. The van der Waals surface area contributed by atoms with E-state index in [9.17, 15) is 9.59 Å². The molecule has 0 saturated heterocycles. The maximum absolute atomic E-state index is 12.9. The molecule has 8 nitrogen and oxygen atoms in total. The largest absolute Gasteiger partial charge is 0.493 e. The van der Waals surface area contributed by atoms with Gasteiger partial charge in [0.2, 0.25) is 5.76 Å². The van der Waals surface area contributed by atoms with Gasteiger partial charge in [0.05, 0.1) is 24.1 Å². The molecule has 3 aromatic rings. The van der Waals surface area contributed by atoms with E-state index in [-0.39, 0.29) is 18.3 Å². The van der Waals surface area contributed by atoms with Crippen LogP contribution in [0.25, 0.3) is 6.08 Å². The zero-order chi connectivity index (χ0) is 22.7. The highest BCUT2D eigenvalue weighted by atomic mass is 16.5. The molecule has 0 unspecified atom stereocenters. The molecular weight excluding hydrogens is 412 g/mol. The Bertz CT molecular complexity index is 1230. The summed E-state index contributed by atoms with van der Waals surface area (Å²) in [4.78, 5) is 23.8. The topological polar surface area (TPSA) is 102 Å². The van der Waals surface area contributed by atoms with Crippen LogP contribution in [-0.2, 0) is 11.4 Å². The van der Waals surface area contributed by atoms with E-state index in [0.29, 0.717) is 34.2 Å². The maximum Gasteiger partial charge on any atom is 0.371 e. The highest BCUT2D eigenvalue weighted by molar-refractivity contribution is 6.32. The smallest absolute Gasteiger partial charge is 0.371 e. The summed E-state index contributed by atoms with van der Waals surface area (Å²) in [5.41, 5.74) is 2.55. The van der Waals surface area contributed by atoms with E-state index < -0.39 is 5.97 Å². The van der Waals surface area contributed by atoms with Crippen LogP contribution in [0, 0.1) is 0 Å². The molecule has 1 N–H and O–H groups in total. The number of methoxy groups -OCH3 is 1. The molecule has 0 atom stereocenters. The Balaban J connectivity index is 1.52. The third kappa shape index (κ3) is 4.24. The first-order chi connectivity index (χ1) is 15.5. The molecule has 32 heavy (non-hydrogen) atoms. The Morgan fingerprint density at radius 2 is 1.91 bits per heavy atom. The van der Waals surface area contributed by atoms with Crippen LogP contribution < -0.4 is 14.5 Å². The predicted octanol–water partition coefficient (Wildman–Crippen LogP) is 4.37. The van der Waals surface area contributed by atoms with Gasteiger partial charge in [-0.15, -0.1) is 0 Å². The standard InChI is InChI=1S/C24H20N2O6/c1-15-19(23(27)26(25-15)17-6-4-3-5-7-17)12-16-8-10-20(22(13-16)30-2)31-14-18-9-11-21(32-18)24(28)29/h3-13H,14H2,1-2H3,(H,28,29). The number of hydrogen-bond acceptors (Lipinski definition) is 6. The minimum atomic E-state index is -1.14. The van der Waals surface area contributed by atoms with Crippen molar-refractivity contribution in [3.8, 4) is 11.5 Å². The Labute approximate surface area is 184 Å². The van der Waals surface area contributed by atoms with Crippen molar-refractivity contribution in [3.63, 3.8) is 0 Å². The number of nitrogens with zero attached hydrogens (tertiary/aromatic N) is 2. The first-order valence-corrected chi connectivity index (χ1v) is 9.76. The third-order valence-electron chi connectivity index (χ3n) is 4.80. The molecule has 0 bridgehead atoms. The Morgan fingerprint density at radius 1 is 1.12 bits per heavy atom. The van der Waals surface area contributed by atoms with E-state index in [2.05, 4.69) is 5.10 Å². The molecule has 8 heteroatoms.